The number of nitrogens with zero attached hydrogens (tertiary/aromatic N) is 5. The quantitative estimate of drug-likeness (QED) is 0.267. The van der Waals surface area contributed by atoms with Gasteiger partial charge in [0, 0.05) is 68.5 Å². The van der Waals surface area contributed by atoms with E-state index in [1.807, 2.05) is 42.7 Å². The Bertz CT molecular complexity index is 1240. The zero-order valence-corrected chi connectivity index (χ0v) is 21.1. The predicted molar refractivity (Wildman–Crippen MR) is 152 cm³/mol. The fourth-order valence-electron chi connectivity index (χ4n) is 4.29. The Kier molecular flexibility index (Phi) is 7.05. The molecule has 0 amide bonds. The van der Waals surface area contributed by atoms with E-state index in [1.165, 1.54) is 5.01 Å². The van der Waals surface area contributed by atoms with Gasteiger partial charge in [0.15, 0.2) is 0 Å². The Morgan fingerprint density at radius 3 is 2.51 bits per heavy atom. The van der Waals surface area contributed by atoms with Gasteiger partial charge in [0.25, 0.3) is 0 Å². The van der Waals surface area contributed by atoms with E-state index in [9.17, 15) is 0 Å². The fourth-order valence-corrected chi connectivity index (χ4v) is 4.29. The van der Waals surface area contributed by atoms with Gasteiger partial charge in [-0.25, -0.2) is 15.8 Å². The molecule has 10 heteroatoms. The molecule has 3 heterocycles. The molecule has 2 aromatic heterocycles. The molecule has 5 N–H and O–H groups in total. The van der Waals surface area contributed by atoms with Crippen LogP contribution in [0.2, 0.25) is 0 Å². The van der Waals surface area contributed by atoms with Crippen LogP contribution in [-0.4, -0.2) is 74.1 Å². The normalized spacial score (nSPS) is 15.3. The van der Waals surface area contributed by atoms with E-state index in [4.69, 9.17) is 11.6 Å². The van der Waals surface area contributed by atoms with Crippen molar-refractivity contribution in [3.63, 3.8) is 0 Å². The van der Waals surface area contributed by atoms with E-state index >= 15 is 0 Å². The largest absolute Gasteiger partial charge is 0.397 e. The maximum Gasteiger partial charge on any atom is 0.130 e. The summed E-state index contributed by atoms with van der Waals surface area (Å²) >= 11 is 0. The van der Waals surface area contributed by atoms with Crippen LogP contribution in [0.3, 0.4) is 0 Å². The molecular formula is C25H34B2N8. The van der Waals surface area contributed by atoms with E-state index in [0.717, 1.165) is 65.4 Å². The van der Waals surface area contributed by atoms with Crippen molar-refractivity contribution < 1.29 is 0 Å². The summed E-state index contributed by atoms with van der Waals surface area (Å²) in [5.74, 6) is 7.39. The molecular weight excluding hydrogens is 434 g/mol. The molecule has 1 aliphatic rings. The first-order valence-electron chi connectivity index (χ1n) is 11.9. The lowest BCUT2D eigenvalue weighted by molar-refractivity contribution is 0.221. The molecule has 35 heavy (non-hydrogen) atoms. The molecule has 3 aromatic rings. The van der Waals surface area contributed by atoms with Crippen LogP contribution in [0.5, 0.6) is 0 Å². The molecule has 4 rings (SSSR count). The Hall–Kier alpha value is -3.49. The third-order valence-corrected chi connectivity index (χ3v) is 6.32. The predicted octanol–water partition coefficient (Wildman–Crippen LogP) is 0.837. The number of nitrogens with one attached hydrogen (secondary N) is 1. The summed E-state index contributed by atoms with van der Waals surface area (Å²) in [5, 5.41) is 7.04. The monoisotopic (exact) mass is 468 g/mol. The Labute approximate surface area is 209 Å². The molecule has 0 aliphatic carbocycles. The molecule has 180 valence electrons. The lowest BCUT2D eigenvalue weighted by Crippen LogP contribution is -2.56. The minimum Gasteiger partial charge on any atom is -0.397 e. The van der Waals surface area contributed by atoms with Crippen LogP contribution in [0.1, 0.15) is 18.1 Å². The van der Waals surface area contributed by atoms with E-state index in [2.05, 4.69) is 60.3 Å². The molecule has 0 radical (unpaired) electrons. The van der Waals surface area contributed by atoms with Crippen molar-refractivity contribution in [1.29, 1.82) is 0 Å². The number of hydrazine groups is 1. The Morgan fingerprint density at radius 2 is 1.83 bits per heavy atom. The zero-order chi connectivity index (χ0) is 25.2. The highest BCUT2D eigenvalue weighted by atomic mass is 15.4. The molecule has 0 unspecified atom stereocenters. The van der Waals surface area contributed by atoms with Crippen LogP contribution in [0.15, 0.2) is 61.6 Å². The number of nitrogens with two attached hydrogens (primary N) is 2. The van der Waals surface area contributed by atoms with Gasteiger partial charge in [-0.05, 0) is 40.6 Å². The maximum absolute atomic E-state index is 6.17. The summed E-state index contributed by atoms with van der Waals surface area (Å²) in [6.07, 6.45) is 5.38. The zero-order valence-electron chi connectivity index (χ0n) is 21.1. The highest BCUT2D eigenvalue weighted by Gasteiger charge is 2.26. The van der Waals surface area contributed by atoms with Crippen LogP contribution in [0, 0.1) is 0 Å². The van der Waals surface area contributed by atoms with Gasteiger partial charge < -0.3 is 25.9 Å². The van der Waals surface area contributed by atoms with Gasteiger partial charge in [-0.15, -0.1) is 0 Å². The highest BCUT2D eigenvalue weighted by molar-refractivity contribution is 6.39. The number of aromatic nitrogens is 2. The molecule has 1 aliphatic heterocycles. The summed E-state index contributed by atoms with van der Waals surface area (Å²) in [6, 6.07) is 12.1. The Balaban J connectivity index is 1.48. The van der Waals surface area contributed by atoms with Gasteiger partial charge in [0.1, 0.15) is 27.3 Å². The SMILES string of the molecule is BC(B)(C)N1CCN(c2cc(C(=C)Nc3cc4cc(/C(N)=C/N(C)N)ccc4cn3)ccn2)CC1. The van der Waals surface area contributed by atoms with Crippen molar-refractivity contribution in [2.75, 3.05) is 43.4 Å². The first-order chi connectivity index (χ1) is 16.6. The molecule has 0 saturated carbocycles. The maximum atomic E-state index is 6.17. The first-order valence-corrected chi connectivity index (χ1v) is 11.9. The smallest absolute Gasteiger partial charge is 0.130 e. The van der Waals surface area contributed by atoms with E-state index in [0.29, 0.717) is 5.70 Å². The summed E-state index contributed by atoms with van der Waals surface area (Å²) < 4.78 is 0. The average molecular weight is 468 g/mol. The van der Waals surface area contributed by atoms with Crippen molar-refractivity contribution in [1.82, 2.24) is 19.9 Å². The second-order valence-corrected chi connectivity index (χ2v) is 10.0. The van der Waals surface area contributed by atoms with Crippen molar-refractivity contribution in [3.05, 3.63) is 72.7 Å². The van der Waals surface area contributed by atoms with Crippen LogP contribution >= 0.6 is 0 Å². The van der Waals surface area contributed by atoms with Crippen LogP contribution in [-0.2, 0) is 0 Å². The van der Waals surface area contributed by atoms with Gasteiger partial charge >= 0.3 is 0 Å². The van der Waals surface area contributed by atoms with E-state index < -0.39 is 0 Å². The number of piperazine rings is 1. The topological polar surface area (TPSA) is 99.6 Å². The molecule has 0 atom stereocenters. The van der Waals surface area contributed by atoms with Crippen molar-refractivity contribution in [2.45, 2.75) is 12.3 Å². The van der Waals surface area contributed by atoms with Crippen molar-refractivity contribution in [3.8, 4) is 0 Å². The molecule has 1 aromatic carbocycles. The van der Waals surface area contributed by atoms with Crippen LogP contribution in [0.4, 0.5) is 11.6 Å². The third-order valence-electron chi connectivity index (χ3n) is 6.32. The third kappa shape index (κ3) is 5.96. The standard InChI is InChI=1S/C25H34B2N8/c1-17(18-6-7-30-24(14-18)34-8-10-35(11-9-34)25(2,26)27)32-23-13-21-12-19(22(28)16-33(3)29)4-5-20(21)15-31-23/h4-7,12-16H,1,8-11,26-29H2,2-3H3,(H,31,32)/b22-16-. The lowest BCUT2D eigenvalue weighted by Gasteiger charge is -2.43. The second-order valence-electron chi connectivity index (χ2n) is 10.0. The average Bonchev–Trinajstić information content (AvgIpc) is 2.83. The summed E-state index contributed by atoms with van der Waals surface area (Å²) in [5.41, 5.74) is 9.42. The number of hydrogen-bond acceptors (Lipinski definition) is 8. The number of pyridine rings is 2. The van der Waals surface area contributed by atoms with Crippen molar-refractivity contribution >= 4 is 49.5 Å². The minimum absolute atomic E-state index is 0.190. The summed E-state index contributed by atoms with van der Waals surface area (Å²) in [4.78, 5) is 14.0. The van der Waals surface area contributed by atoms with Gasteiger partial charge in [-0.1, -0.05) is 25.6 Å². The first kappa shape index (κ1) is 24.6. The number of anilines is 2. The van der Waals surface area contributed by atoms with Crippen LogP contribution < -0.4 is 21.8 Å². The van der Waals surface area contributed by atoms with Gasteiger partial charge in [0.05, 0.1) is 5.70 Å². The summed E-state index contributed by atoms with van der Waals surface area (Å²) in [6.45, 7) is 10.5. The molecule has 0 spiro atoms. The number of rotatable bonds is 7. The minimum atomic E-state index is 0.190. The molecule has 1 fully saturated rings. The number of hydrogen-bond donors (Lipinski definition) is 3. The van der Waals surface area contributed by atoms with Crippen molar-refractivity contribution in [2.24, 2.45) is 11.6 Å². The highest BCUT2D eigenvalue weighted by Crippen LogP contribution is 2.25. The van der Waals surface area contributed by atoms with Gasteiger partial charge in [0.2, 0.25) is 0 Å². The van der Waals surface area contributed by atoms with E-state index in [-0.39, 0.29) is 5.34 Å². The van der Waals surface area contributed by atoms with Gasteiger partial charge in [-0.2, -0.15) is 0 Å². The van der Waals surface area contributed by atoms with Gasteiger partial charge in [-0.3, -0.25) is 0 Å². The molecule has 1 saturated heterocycles. The molecule has 0 bridgehead atoms. The summed E-state index contributed by atoms with van der Waals surface area (Å²) in [7, 11) is 6.27. The lowest BCUT2D eigenvalue weighted by atomic mass is 9.62. The van der Waals surface area contributed by atoms with Crippen LogP contribution in [0.25, 0.3) is 22.2 Å². The molecule has 8 nitrogen and oxygen atoms in total. The number of fused-ring (bicyclic) bond motifs is 1. The van der Waals surface area contributed by atoms with E-state index in [1.54, 1.807) is 13.2 Å². The number of benzene rings is 1. The Morgan fingerprint density at radius 1 is 1.09 bits per heavy atom. The second kappa shape index (κ2) is 10.0. The fraction of sp³-hybridized carbons (Fsp3) is 0.280.